The van der Waals surface area contributed by atoms with Crippen molar-refractivity contribution in [3.8, 4) is 0 Å². The van der Waals surface area contributed by atoms with Crippen molar-refractivity contribution in [1.29, 1.82) is 0 Å². The molecule has 2 atom stereocenters. The van der Waals surface area contributed by atoms with Crippen LogP contribution in [0.1, 0.15) is 26.2 Å². The van der Waals surface area contributed by atoms with Crippen LogP contribution in [0.5, 0.6) is 0 Å². The van der Waals surface area contributed by atoms with E-state index < -0.39 is 11.6 Å². The molecule has 1 unspecified atom stereocenters. The molecule has 0 bridgehead atoms. The molecular formula is C14H19F2N2O+. The second kappa shape index (κ2) is 6.10. The van der Waals surface area contributed by atoms with E-state index in [0.717, 1.165) is 31.5 Å². The van der Waals surface area contributed by atoms with E-state index in [2.05, 4.69) is 12.2 Å². The Labute approximate surface area is 111 Å². The monoisotopic (exact) mass is 269 g/mol. The number of halogens is 2. The predicted molar refractivity (Wildman–Crippen MR) is 69.0 cm³/mol. The number of amides is 1. The molecule has 0 aromatic heterocycles. The lowest BCUT2D eigenvalue weighted by molar-refractivity contribution is -0.920. The lowest BCUT2D eigenvalue weighted by atomic mass is 10.0. The van der Waals surface area contributed by atoms with Crippen molar-refractivity contribution in [2.45, 2.75) is 32.2 Å². The smallest absolute Gasteiger partial charge is 0.279 e. The van der Waals surface area contributed by atoms with Gasteiger partial charge in [0.25, 0.3) is 5.91 Å². The van der Waals surface area contributed by atoms with Gasteiger partial charge < -0.3 is 10.2 Å². The number of carbonyl (C=O) groups is 1. The average molecular weight is 269 g/mol. The maximum absolute atomic E-state index is 13.4. The number of anilines is 1. The van der Waals surface area contributed by atoms with Crippen molar-refractivity contribution in [2.75, 3.05) is 18.4 Å². The molecule has 0 radical (unpaired) electrons. The first-order valence-corrected chi connectivity index (χ1v) is 6.66. The molecule has 1 aliphatic heterocycles. The van der Waals surface area contributed by atoms with Gasteiger partial charge in [0.1, 0.15) is 11.6 Å². The number of hydrogen-bond acceptors (Lipinski definition) is 1. The van der Waals surface area contributed by atoms with Gasteiger partial charge in [-0.1, -0.05) is 0 Å². The van der Waals surface area contributed by atoms with Gasteiger partial charge in [-0.2, -0.15) is 0 Å². The van der Waals surface area contributed by atoms with Crippen LogP contribution >= 0.6 is 0 Å². The van der Waals surface area contributed by atoms with Crippen LogP contribution < -0.4 is 10.2 Å². The molecule has 1 aromatic carbocycles. The van der Waals surface area contributed by atoms with E-state index in [4.69, 9.17) is 0 Å². The molecule has 3 nitrogen and oxygen atoms in total. The summed E-state index contributed by atoms with van der Waals surface area (Å²) >= 11 is 0. The van der Waals surface area contributed by atoms with Crippen LogP contribution in [0.2, 0.25) is 0 Å². The minimum absolute atomic E-state index is 0.0375. The molecule has 2 rings (SSSR count). The zero-order valence-corrected chi connectivity index (χ0v) is 11.0. The molecule has 1 fully saturated rings. The average Bonchev–Trinajstić information content (AvgIpc) is 2.36. The predicted octanol–water partition coefficient (Wildman–Crippen LogP) is 1.36. The van der Waals surface area contributed by atoms with Crippen molar-refractivity contribution in [3.05, 3.63) is 29.8 Å². The quantitative estimate of drug-likeness (QED) is 0.853. The number of benzene rings is 1. The number of hydrogen-bond donors (Lipinski definition) is 2. The molecule has 0 aliphatic carbocycles. The van der Waals surface area contributed by atoms with Gasteiger partial charge in [0.2, 0.25) is 0 Å². The summed E-state index contributed by atoms with van der Waals surface area (Å²) < 4.78 is 26.2. The molecule has 1 heterocycles. The zero-order valence-electron chi connectivity index (χ0n) is 11.0. The van der Waals surface area contributed by atoms with Crippen LogP contribution in [0.4, 0.5) is 14.5 Å². The molecule has 19 heavy (non-hydrogen) atoms. The highest BCUT2D eigenvalue weighted by Gasteiger charge is 2.24. The fourth-order valence-corrected chi connectivity index (χ4v) is 2.51. The second-order valence-corrected chi connectivity index (χ2v) is 5.15. The molecule has 0 saturated carbocycles. The van der Waals surface area contributed by atoms with E-state index in [1.165, 1.54) is 17.4 Å². The number of likely N-dealkylation sites (tertiary alicyclic amines) is 1. The van der Waals surface area contributed by atoms with Crippen molar-refractivity contribution in [1.82, 2.24) is 0 Å². The summed E-state index contributed by atoms with van der Waals surface area (Å²) in [6, 6.07) is 3.61. The van der Waals surface area contributed by atoms with Crippen molar-refractivity contribution < 1.29 is 18.5 Å². The fraction of sp³-hybridized carbons (Fsp3) is 0.500. The normalized spacial score (nSPS) is 23.1. The van der Waals surface area contributed by atoms with Gasteiger partial charge in [-0.3, -0.25) is 4.79 Å². The SMILES string of the molecule is C[C@@H]1CCCC[NH+]1CC(=O)Nc1ccc(F)cc1F. The molecule has 5 heteroatoms. The lowest BCUT2D eigenvalue weighted by Gasteiger charge is -2.29. The van der Waals surface area contributed by atoms with Gasteiger partial charge in [-0.15, -0.1) is 0 Å². The molecule has 2 N–H and O–H groups in total. The van der Waals surface area contributed by atoms with Crippen LogP contribution in [0.25, 0.3) is 0 Å². The topological polar surface area (TPSA) is 33.5 Å². The highest BCUT2D eigenvalue weighted by atomic mass is 19.1. The zero-order chi connectivity index (χ0) is 13.8. The largest absolute Gasteiger partial charge is 0.325 e. The van der Waals surface area contributed by atoms with E-state index in [1.54, 1.807) is 0 Å². The Hall–Kier alpha value is -1.49. The van der Waals surface area contributed by atoms with Crippen molar-refractivity contribution >= 4 is 11.6 Å². The Morgan fingerprint density at radius 1 is 1.42 bits per heavy atom. The minimum atomic E-state index is -0.741. The summed E-state index contributed by atoms with van der Waals surface area (Å²) in [6.45, 7) is 3.43. The van der Waals surface area contributed by atoms with Crippen LogP contribution in [0, 0.1) is 11.6 Å². The fourth-order valence-electron chi connectivity index (χ4n) is 2.51. The summed E-state index contributed by atoms with van der Waals surface area (Å²) in [5.74, 6) is -1.62. The van der Waals surface area contributed by atoms with Crippen LogP contribution in [0.15, 0.2) is 18.2 Å². The second-order valence-electron chi connectivity index (χ2n) is 5.15. The summed E-state index contributed by atoms with van der Waals surface area (Å²) in [7, 11) is 0. The maximum Gasteiger partial charge on any atom is 0.279 e. The Bertz CT molecular complexity index is 465. The minimum Gasteiger partial charge on any atom is -0.325 e. The van der Waals surface area contributed by atoms with Gasteiger partial charge in [0, 0.05) is 6.07 Å². The molecule has 0 spiro atoms. The number of rotatable bonds is 3. The summed E-state index contributed by atoms with van der Waals surface area (Å²) in [5, 5.41) is 2.50. The molecule has 1 saturated heterocycles. The summed E-state index contributed by atoms with van der Waals surface area (Å²) in [4.78, 5) is 13.1. The Balaban J connectivity index is 1.93. The Morgan fingerprint density at radius 3 is 2.89 bits per heavy atom. The van der Waals surface area contributed by atoms with Gasteiger partial charge in [0.05, 0.1) is 18.3 Å². The van der Waals surface area contributed by atoms with Crippen LogP contribution in [0.3, 0.4) is 0 Å². The molecule has 1 amide bonds. The standard InChI is InChI=1S/C14H18F2N2O/c1-10-4-2-3-7-18(10)9-14(19)17-13-6-5-11(15)8-12(13)16/h5-6,8,10H,2-4,7,9H2,1H3,(H,17,19)/p+1/t10-/m1/s1. The van der Waals surface area contributed by atoms with Crippen molar-refractivity contribution in [2.24, 2.45) is 0 Å². The number of quaternary nitrogens is 1. The first-order chi connectivity index (χ1) is 9.06. The summed E-state index contributed by atoms with van der Waals surface area (Å²) in [6.07, 6.45) is 3.45. The Morgan fingerprint density at radius 2 is 2.21 bits per heavy atom. The van der Waals surface area contributed by atoms with Gasteiger partial charge in [-0.05, 0) is 38.3 Å². The third-order valence-electron chi connectivity index (χ3n) is 3.67. The van der Waals surface area contributed by atoms with E-state index in [1.807, 2.05) is 0 Å². The number of nitrogens with one attached hydrogen (secondary N) is 2. The molecule has 104 valence electrons. The van der Waals surface area contributed by atoms with Gasteiger partial charge >= 0.3 is 0 Å². The molecular weight excluding hydrogens is 250 g/mol. The third-order valence-corrected chi connectivity index (χ3v) is 3.67. The summed E-state index contributed by atoms with van der Waals surface area (Å²) in [5.41, 5.74) is 0.0375. The molecule has 1 aromatic rings. The van der Waals surface area contributed by atoms with Gasteiger partial charge in [0.15, 0.2) is 6.54 Å². The highest BCUT2D eigenvalue weighted by molar-refractivity contribution is 5.91. The third kappa shape index (κ3) is 3.73. The van der Waals surface area contributed by atoms with Crippen molar-refractivity contribution in [3.63, 3.8) is 0 Å². The Kier molecular flexibility index (Phi) is 4.47. The van der Waals surface area contributed by atoms with Crippen LogP contribution in [-0.2, 0) is 4.79 Å². The first-order valence-electron chi connectivity index (χ1n) is 6.66. The van der Waals surface area contributed by atoms with E-state index in [9.17, 15) is 13.6 Å². The van der Waals surface area contributed by atoms with E-state index in [-0.39, 0.29) is 11.6 Å². The van der Waals surface area contributed by atoms with E-state index >= 15 is 0 Å². The van der Waals surface area contributed by atoms with Crippen LogP contribution in [-0.4, -0.2) is 25.0 Å². The number of piperidine rings is 1. The first kappa shape index (κ1) is 13.9. The van der Waals surface area contributed by atoms with Gasteiger partial charge in [-0.25, -0.2) is 8.78 Å². The maximum atomic E-state index is 13.4. The van der Waals surface area contributed by atoms with E-state index in [0.29, 0.717) is 12.6 Å². The highest BCUT2D eigenvalue weighted by Crippen LogP contribution is 2.14. The molecule has 1 aliphatic rings. The number of carbonyl (C=O) groups excluding carboxylic acids is 1. The lowest BCUT2D eigenvalue weighted by Crippen LogP contribution is -3.17.